The standard InChI is InChI=1S/C13H14BrN3O/c1-8-4-9(2)6-10(5-8)17(3)12-11(14)13(18)16-7-15-12/h4-7H,1-3H3,(H,15,16,18). The van der Waals surface area contributed by atoms with Crippen molar-refractivity contribution in [1.82, 2.24) is 9.97 Å². The van der Waals surface area contributed by atoms with Gasteiger partial charge in [-0.15, -0.1) is 0 Å². The van der Waals surface area contributed by atoms with Gasteiger partial charge in [0, 0.05) is 12.7 Å². The first kappa shape index (κ1) is 12.8. The molecule has 1 N–H and O–H groups in total. The predicted octanol–water partition coefficient (Wildman–Crippen LogP) is 2.92. The van der Waals surface area contributed by atoms with E-state index >= 15 is 0 Å². The van der Waals surface area contributed by atoms with Crippen LogP contribution in [-0.4, -0.2) is 17.0 Å². The molecule has 0 aliphatic carbocycles. The summed E-state index contributed by atoms with van der Waals surface area (Å²) in [5, 5.41) is 0. The molecular weight excluding hydrogens is 294 g/mol. The number of H-pyrrole nitrogens is 1. The second-order valence-electron chi connectivity index (χ2n) is 4.27. The fourth-order valence-corrected chi connectivity index (χ4v) is 2.36. The number of aromatic nitrogens is 2. The van der Waals surface area contributed by atoms with Crippen LogP contribution in [0.2, 0.25) is 0 Å². The van der Waals surface area contributed by atoms with Crippen molar-refractivity contribution < 1.29 is 0 Å². The van der Waals surface area contributed by atoms with Gasteiger partial charge in [0.2, 0.25) is 0 Å². The Morgan fingerprint density at radius 2 is 1.83 bits per heavy atom. The highest BCUT2D eigenvalue weighted by Crippen LogP contribution is 2.27. The zero-order chi connectivity index (χ0) is 13.3. The summed E-state index contributed by atoms with van der Waals surface area (Å²) >= 11 is 3.27. The highest BCUT2D eigenvalue weighted by Gasteiger charge is 2.12. The lowest BCUT2D eigenvalue weighted by molar-refractivity contribution is 1.04. The first-order valence-electron chi connectivity index (χ1n) is 5.54. The van der Waals surface area contributed by atoms with Gasteiger partial charge in [-0.1, -0.05) is 6.07 Å². The Labute approximate surface area is 114 Å². The van der Waals surface area contributed by atoms with Gasteiger partial charge in [-0.05, 0) is 53.0 Å². The Morgan fingerprint density at radius 1 is 1.22 bits per heavy atom. The number of anilines is 2. The normalized spacial score (nSPS) is 10.4. The minimum Gasteiger partial charge on any atom is -0.328 e. The summed E-state index contributed by atoms with van der Waals surface area (Å²) < 4.78 is 0.437. The molecule has 2 rings (SSSR count). The van der Waals surface area contributed by atoms with E-state index in [-0.39, 0.29) is 5.56 Å². The van der Waals surface area contributed by atoms with Gasteiger partial charge >= 0.3 is 0 Å². The van der Waals surface area contributed by atoms with E-state index in [1.54, 1.807) is 0 Å². The van der Waals surface area contributed by atoms with Crippen molar-refractivity contribution in [2.45, 2.75) is 13.8 Å². The average molecular weight is 308 g/mol. The van der Waals surface area contributed by atoms with Crippen LogP contribution in [0.15, 0.2) is 33.8 Å². The van der Waals surface area contributed by atoms with Gasteiger partial charge in [0.25, 0.3) is 5.56 Å². The van der Waals surface area contributed by atoms with Gasteiger partial charge in [0.05, 0.1) is 6.33 Å². The lowest BCUT2D eigenvalue weighted by Gasteiger charge is -2.20. The Kier molecular flexibility index (Phi) is 3.52. The predicted molar refractivity (Wildman–Crippen MR) is 76.5 cm³/mol. The van der Waals surface area contributed by atoms with Gasteiger partial charge in [-0.2, -0.15) is 0 Å². The maximum absolute atomic E-state index is 11.5. The van der Waals surface area contributed by atoms with E-state index in [1.165, 1.54) is 17.5 Å². The number of hydrogen-bond donors (Lipinski definition) is 1. The molecule has 0 unspecified atom stereocenters. The molecular formula is C13H14BrN3O. The first-order valence-corrected chi connectivity index (χ1v) is 6.33. The average Bonchev–Trinajstić information content (AvgIpc) is 2.30. The van der Waals surface area contributed by atoms with Crippen molar-refractivity contribution >= 4 is 27.4 Å². The topological polar surface area (TPSA) is 49.0 Å². The number of aryl methyl sites for hydroxylation is 2. The van der Waals surface area contributed by atoms with E-state index in [4.69, 9.17) is 0 Å². The fraction of sp³-hybridized carbons (Fsp3) is 0.231. The summed E-state index contributed by atoms with van der Waals surface area (Å²) in [5.41, 5.74) is 3.18. The van der Waals surface area contributed by atoms with Crippen LogP contribution in [0.3, 0.4) is 0 Å². The second-order valence-corrected chi connectivity index (χ2v) is 5.07. The Morgan fingerprint density at radius 3 is 2.44 bits per heavy atom. The van der Waals surface area contributed by atoms with Crippen molar-refractivity contribution in [2.24, 2.45) is 0 Å². The van der Waals surface area contributed by atoms with Crippen LogP contribution < -0.4 is 10.5 Å². The molecule has 0 fully saturated rings. The van der Waals surface area contributed by atoms with E-state index in [0.29, 0.717) is 10.3 Å². The highest BCUT2D eigenvalue weighted by molar-refractivity contribution is 9.10. The summed E-state index contributed by atoms with van der Waals surface area (Å²) in [4.78, 5) is 20.2. The molecule has 0 spiro atoms. The Hall–Kier alpha value is -1.62. The third-order valence-electron chi connectivity index (χ3n) is 2.69. The van der Waals surface area contributed by atoms with Gasteiger partial charge in [-0.3, -0.25) is 4.79 Å². The number of aromatic amines is 1. The zero-order valence-corrected chi connectivity index (χ0v) is 12.1. The van der Waals surface area contributed by atoms with E-state index in [0.717, 1.165) is 5.69 Å². The van der Waals surface area contributed by atoms with Crippen molar-refractivity contribution in [3.05, 3.63) is 50.5 Å². The number of nitrogens with zero attached hydrogens (tertiary/aromatic N) is 2. The van der Waals surface area contributed by atoms with E-state index < -0.39 is 0 Å². The number of halogens is 1. The third-order valence-corrected chi connectivity index (χ3v) is 3.40. The molecule has 0 saturated heterocycles. The molecule has 5 heteroatoms. The Balaban J connectivity index is 2.51. The van der Waals surface area contributed by atoms with Crippen LogP contribution in [0, 0.1) is 13.8 Å². The van der Waals surface area contributed by atoms with Crippen LogP contribution in [0.25, 0.3) is 0 Å². The largest absolute Gasteiger partial charge is 0.328 e. The fourth-order valence-electron chi connectivity index (χ4n) is 1.87. The number of nitrogens with one attached hydrogen (secondary N) is 1. The molecule has 1 aromatic heterocycles. The van der Waals surface area contributed by atoms with E-state index in [9.17, 15) is 4.79 Å². The Bertz CT molecular complexity index is 616. The molecule has 1 heterocycles. The van der Waals surface area contributed by atoms with Crippen LogP contribution in [0.5, 0.6) is 0 Å². The van der Waals surface area contributed by atoms with E-state index in [1.807, 2.05) is 25.8 Å². The van der Waals surface area contributed by atoms with Crippen molar-refractivity contribution in [3.63, 3.8) is 0 Å². The molecule has 0 radical (unpaired) electrons. The molecule has 18 heavy (non-hydrogen) atoms. The quantitative estimate of drug-likeness (QED) is 0.928. The van der Waals surface area contributed by atoms with Gasteiger partial charge in [-0.25, -0.2) is 4.98 Å². The van der Waals surface area contributed by atoms with Gasteiger partial charge < -0.3 is 9.88 Å². The summed E-state index contributed by atoms with van der Waals surface area (Å²) in [7, 11) is 1.89. The molecule has 2 aromatic rings. The monoisotopic (exact) mass is 307 g/mol. The summed E-state index contributed by atoms with van der Waals surface area (Å²) in [6.07, 6.45) is 1.40. The number of hydrogen-bond acceptors (Lipinski definition) is 3. The van der Waals surface area contributed by atoms with Crippen LogP contribution in [0.4, 0.5) is 11.5 Å². The van der Waals surface area contributed by atoms with Gasteiger partial charge in [0.15, 0.2) is 5.82 Å². The van der Waals surface area contributed by atoms with E-state index in [2.05, 4.69) is 44.1 Å². The van der Waals surface area contributed by atoms with Crippen LogP contribution >= 0.6 is 15.9 Å². The molecule has 0 aliphatic heterocycles. The lowest BCUT2D eigenvalue weighted by Crippen LogP contribution is -2.17. The highest BCUT2D eigenvalue weighted by atomic mass is 79.9. The molecule has 0 bridgehead atoms. The molecule has 0 saturated carbocycles. The molecule has 0 amide bonds. The summed E-state index contributed by atoms with van der Waals surface area (Å²) in [6.45, 7) is 4.09. The lowest BCUT2D eigenvalue weighted by atomic mass is 10.1. The maximum Gasteiger partial charge on any atom is 0.267 e. The van der Waals surface area contributed by atoms with Crippen LogP contribution in [-0.2, 0) is 0 Å². The molecule has 0 aliphatic rings. The maximum atomic E-state index is 11.5. The number of benzene rings is 1. The number of rotatable bonds is 2. The second kappa shape index (κ2) is 4.94. The zero-order valence-electron chi connectivity index (χ0n) is 10.5. The molecule has 0 atom stereocenters. The minimum absolute atomic E-state index is 0.184. The molecule has 94 valence electrons. The van der Waals surface area contributed by atoms with Crippen molar-refractivity contribution in [3.8, 4) is 0 Å². The summed E-state index contributed by atoms with van der Waals surface area (Å²) in [6, 6.07) is 6.22. The summed E-state index contributed by atoms with van der Waals surface area (Å²) in [5.74, 6) is 0.601. The first-order chi connectivity index (χ1) is 8.49. The van der Waals surface area contributed by atoms with Crippen molar-refractivity contribution in [2.75, 3.05) is 11.9 Å². The van der Waals surface area contributed by atoms with Crippen LogP contribution in [0.1, 0.15) is 11.1 Å². The van der Waals surface area contributed by atoms with Gasteiger partial charge in [0.1, 0.15) is 4.47 Å². The smallest absolute Gasteiger partial charge is 0.267 e. The SMILES string of the molecule is Cc1cc(C)cc(N(C)c2nc[nH]c(=O)c2Br)c1. The third kappa shape index (κ3) is 2.46. The minimum atomic E-state index is -0.184. The van der Waals surface area contributed by atoms with Crippen molar-refractivity contribution in [1.29, 1.82) is 0 Å². The molecule has 4 nitrogen and oxygen atoms in total. The molecule has 1 aromatic carbocycles.